The van der Waals surface area contributed by atoms with Gasteiger partial charge in [0.25, 0.3) is 10.0 Å². The Morgan fingerprint density at radius 3 is 2.55 bits per heavy atom. The van der Waals surface area contributed by atoms with Crippen molar-refractivity contribution in [2.75, 3.05) is 26.7 Å². The molecule has 7 nitrogen and oxygen atoms in total. The second kappa shape index (κ2) is 9.50. The van der Waals surface area contributed by atoms with Gasteiger partial charge < -0.3 is 9.64 Å². The number of hydrogen-bond donors (Lipinski definition) is 0. The molecule has 1 aliphatic heterocycles. The van der Waals surface area contributed by atoms with Crippen molar-refractivity contribution < 1.29 is 22.7 Å². The third-order valence-electron chi connectivity index (χ3n) is 5.48. The zero-order chi connectivity index (χ0) is 22.8. The number of carbonyl (C=O) groups is 2. The number of methoxy groups -OCH3 is 1. The largest absolute Gasteiger partial charge is 0.465 e. The predicted octanol–water partition coefficient (Wildman–Crippen LogP) is 3.00. The van der Waals surface area contributed by atoms with Gasteiger partial charge in [0.1, 0.15) is 4.21 Å². The first kappa shape index (κ1) is 23.4. The van der Waals surface area contributed by atoms with Crippen molar-refractivity contribution in [2.24, 2.45) is 0 Å². The molecule has 0 aliphatic carbocycles. The number of nitrogens with zero attached hydrogens (tertiary/aromatic N) is 2. The van der Waals surface area contributed by atoms with E-state index in [1.54, 1.807) is 18.7 Å². The lowest BCUT2D eigenvalue weighted by Crippen LogP contribution is -2.36. The second-order valence-electron chi connectivity index (χ2n) is 7.48. The van der Waals surface area contributed by atoms with Crippen LogP contribution in [0.4, 0.5) is 0 Å². The third-order valence-corrected chi connectivity index (χ3v) is 9.25. The topological polar surface area (TPSA) is 84.0 Å². The van der Waals surface area contributed by atoms with E-state index in [2.05, 4.69) is 0 Å². The fourth-order valence-electron chi connectivity index (χ4n) is 3.87. The smallest absolute Gasteiger partial charge is 0.340 e. The summed E-state index contributed by atoms with van der Waals surface area (Å²) in [6, 6.07) is 7.83. The van der Waals surface area contributed by atoms with Crippen molar-refractivity contribution in [1.29, 1.82) is 0 Å². The molecule has 1 aromatic heterocycles. The minimum Gasteiger partial charge on any atom is -0.465 e. The number of esters is 1. The lowest BCUT2D eigenvalue weighted by atomic mass is 10.0. The van der Waals surface area contributed by atoms with Gasteiger partial charge in [0.05, 0.1) is 25.6 Å². The number of aryl methyl sites for hydroxylation is 1. The maximum atomic E-state index is 13.2. The molecule has 3 rings (SSSR count). The summed E-state index contributed by atoms with van der Waals surface area (Å²) >= 11 is 1.08. The maximum Gasteiger partial charge on any atom is 0.340 e. The Morgan fingerprint density at radius 1 is 1.23 bits per heavy atom. The summed E-state index contributed by atoms with van der Waals surface area (Å²) in [5, 5.41) is 0. The first-order chi connectivity index (χ1) is 14.7. The molecule has 0 saturated carbocycles. The average molecular weight is 465 g/mol. The molecule has 0 N–H and O–H groups in total. The first-order valence-corrected chi connectivity index (χ1v) is 12.5. The van der Waals surface area contributed by atoms with E-state index in [9.17, 15) is 18.0 Å². The number of benzene rings is 1. The molecule has 1 aromatic carbocycles. The van der Waals surface area contributed by atoms with Crippen molar-refractivity contribution in [3.05, 3.63) is 51.4 Å². The van der Waals surface area contributed by atoms with Crippen LogP contribution in [-0.4, -0.2) is 56.2 Å². The monoisotopic (exact) mass is 464 g/mol. The number of rotatable bonds is 7. The maximum absolute atomic E-state index is 13.2. The van der Waals surface area contributed by atoms with Crippen LogP contribution in [0.5, 0.6) is 0 Å². The van der Waals surface area contributed by atoms with E-state index < -0.39 is 16.0 Å². The van der Waals surface area contributed by atoms with Crippen LogP contribution >= 0.6 is 11.3 Å². The summed E-state index contributed by atoms with van der Waals surface area (Å²) in [6.07, 6.45) is 0.709. The van der Waals surface area contributed by atoms with E-state index in [-0.39, 0.29) is 22.1 Å². The van der Waals surface area contributed by atoms with Crippen LogP contribution in [0.2, 0.25) is 0 Å². The van der Waals surface area contributed by atoms with Crippen LogP contribution in [0.25, 0.3) is 0 Å². The number of amides is 1. The van der Waals surface area contributed by atoms with Crippen LogP contribution in [0.15, 0.2) is 28.5 Å². The molecular weight excluding hydrogens is 436 g/mol. The van der Waals surface area contributed by atoms with Crippen LogP contribution in [0.1, 0.15) is 45.8 Å². The second-order valence-corrected chi connectivity index (χ2v) is 10.7. The zero-order valence-electron chi connectivity index (χ0n) is 18.3. The highest BCUT2D eigenvalue weighted by Gasteiger charge is 2.36. The molecule has 0 atom stereocenters. The Morgan fingerprint density at radius 2 is 1.94 bits per heavy atom. The molecule has 2 heterocycles. The van der Waals surface area contributed by atoms with Gasteiger partial charge in [-0.3, -0.25) is 4.79 Å². The van der Waals surface area contributed by atoms with Gasteiger partial charge in [-0.15, -0.1) is 11.3 Å². The molecular formula is C22H28N2O5S2. The molecule has 0 bridgehead atoms. The molecule has 31 heavy (non-hydrogen) atoms. The van der Waals surface area contributed by atoms with Crippen LogP contribution in [0, 0.1) is 6.92 Å². The van der Waals surface area contributed by atoms with Crippen molar-refractivity contribution in [3.8, 4) is 0 Å². The number of sulfonamides is 1. The van der Waals surface area contributed by atoms with Gasteiger partial charge in [-0.2, -0.15) is 4.31 Å². The van der Waals surface area contributed by atoms with E-state index in [4.69, 9.17) is 4.74 Å². The predicted molar refractivity (Wildman–Crippen MR) is 120 cm³/mol. The molecule has 1 amide bonds. The van der Waals surface area contributed by atoms with Crippen LogP contribution in [0.3, 0.4) is 0 Å². The van der Waals surface area contributed by atoms with Gasteiger partial charge in [0, 0.05) is 24.5 Å². The standard InChI is InChI=1S/C22H28N2O5S2/c1-5-24(6-2)31(27,28)22-20(21(26)29-4)17-10-11-23(14-18(17)30-22)19(25)13-16-9-7-8-15(3)12-16/h7-9,12H,5-6,10-11,13-14H2,1-4H3. The van der Waals surface area contributed by atoms with Gasteiger partial charge >= 0.3 is 5.97 Å². The summed E-state index contributed by atoms with van der Waals surface area (Å²) < 4.78 is 32.6. The van der Waals surface area contributed by atoms with Crippen molar-refractivity contribution >= 4 is 33.2 Å². The quantitative estimate of drug-likeness (QED) is 0.588. The normalized spacial score (nSPS) is 13.9. The summed E-state index contributed by atoms with van der Waals surface area (Å²) in [7, 11) is -2.57. The van der Waals surface area contributed by atoms with Gasteiger partial charge in [-0.25, -0.2) is 13.2 Å². The summed E-state index contributed by atoms with van der Waals surface area (Å²) in [5.74, 6) is -0.666. The van der Waals surface area contributed by atoms with Crippen molar-refractivity contribution in [1.82, 2.24) is 9.21 Å². The Balaban J connectivity index is 1.93. The zero-order valence-corrected chi connectivity index (χ0v) is 19.9. The SMILES string of the molecule is CCN(CC)S(=O)(=O)c1sc2c(c1C(=O)OC)CCN(C(=O)Cc1cccc(C)c1)C2. The molecule has 9 heteroatoms. The van der Waals surface area contributed by atoms with E-state index >= 15 is 0 Å². The Bertz CT molecular complexity index is 1090. The third kappa shape index (κ3) is 4.68. The van der Waals surface area contributed by atoms with Gasteiger partial charge in [-0.1, -0.05) is 43.7 Å². The molecule has 0 fully saturated rings. The number of carbonyl (C=O) groups excluding carboxylic acids is 2. The molecule has 1 aliphatic rings. The summed E-state index contributed by atoms with van der Waals surface area (Å²) in [5.41, 5.74) is 2.85. The molecule has 0 unspecified atom stereocenters. The van der Waals surface area contributed by atoms with E-state index in [0.717, 1.165) is 27.3 Å². The number of ether oxygens (including phenoxy) is 1. The number of hydrogen-bond acceptors (Lipinski definition) is 6. The highest BCUT2D eigenvalue weighted by molar-refractivity contribution is 7.91. The van der Waals surface area contributed by atoms with Crippen molar-refractivity contribution in [3.63, 3.8) is 0 Å². The van der Waals surface area contributed by atoms with Gasteiger partial charge in [-0.05, 0) is 24.5 Å². The Hall–Kier alpha value is -2.23. The lowest BCUT2D eigenvalue weighted by molar-refractivity contribution is -0.131. The van der Waals surface area contributed by atoms with E-state index in [0.29, 0.717) is 38.2 Å². The van der Waals surface area contributed by atoms with Crippen molar-refractivity contribution in [2.45, 2.75) is 44.4 Å². The first-order valence-electron chi connectivity index (χ1n) is 10.3. The van der Waals surface area contributed by atoms with E-state index in [1.165, 1.54) is 11.4 Å². The summed E-state index contributed by atoms with van der Waals surface area (Å²) in [4.78, 5) is 27.9. The number of thiophene rings is 1. The molecule has 2 aromatic rings. The summed E-state index contributed by atoms with van der Waals surface area (Å²) in [6.45, 7) is 6.85. The number of fused-ring (bicyclic) bond motifs is 1. The minimum atomic E-state index is -3.82. The molecule has 168 valence electrons. The molecule has 0 saturated heterocycles. The minimum absolute atomic E-state index is 0.0148. The molecule has 0 radical (unpaired) electrons. The lowest BCUT2D eigenvalue weighted by Gasteiger charge is -2.27. The Labute approximate surface area is 187 Å². The van der Waals surface area contributed by atoms with Gasteiger partial charge in [0.15, 0.2) is 0 Å². The fourth-order valence-corrected chi connectivity index (χ4v) is 7.37. The van der Waals surface area contributed by atoms with Crippen LogP contribution in [-0.2, 0) is 38.9 Å². The molecule has 0 spiro atoms. The van der Waals surface area contributed by atoms with E-state index in [1.807, 2.05) is 31.2 Å². The van der Waals surface area contributed by atoms with Crippen LogP contribution < -0.4 is 0 Å². The average Bonchev–Trinajstić information content (AvgIpc) is 3.13. The highest BCUT2D eigenvalue weighted by Crippen LogP contribution is 2.38. The Kier molecular flexibility index (Phi) is 7.18. The van der Waals surface area contributed by atoms with Gasteiger partial charge in [0.2, 0.25) is 5.91 Å². The fraction of sp³-hybridized carbons (Fsp3) is 0.455. The highest BCUT2D eigenvalue weighted by atomic mass is 32.2.